The van der Waals surface area contributed by atoms with Crippen LogP contribution in [0.5, 0.6) is 0 Å². The van der Waals surface area contributed by atoms with E-state index in [4.69, 9.17) is 4.74 Å². The summed E-state index contributed by atoms with van der Waals surface area (Å²) in [4.78, 5) is 13.1. The summed E-state index contributed by atoms with van der Waals surface area (Å²) in [7, 11) is -2.94. The summed E-state index contributed by atoms with van der Waals surface area (Å²) in [5, 5.41) is 0. The Balaban J connectivity index is 1.76. The molecule has 0 amide bonds. The van der Waals surface area contributed by atoms with Gasteiger partial charge in [-0.15, -0.1) is 0 Å². The summed E-state index contributed by atoms with van der Waals surface area (Å²) < 4.78 is 74.5. The quantitative estimate of drug-likeness (QED) is 0.392. The number of carbonyl (C=O) groups is 1. The Labute approximate surface area is 212 Å². The predicted molar refractivity (Wildman–Crippen MR) is 133 cm³/mol. The number of aryl methyl sites for hydroxylation is 1. The van der Waals surface area contributed by atoms with Gasteiger partial charge in [-0.3, -0.25) is 4.79 Å². The number of carbonyl (C=O) groups excluding carboxylic acids is 1. The third-order valence-electron chi connectivity index (χ3n) is 6.80. The van der Waals surface area contributed by atoms with Crippen LogP contribution < -0.4 is 4.31 Å². The molecule has 1 saturated carbocycles. The van der Waals surface area contributed by atoms with Crippen molar-refractivity contribution in [3.05, 3.63) is 112 Å². The SMILES string of the molecule is COC(=O)C1(c2ccccc2)CC2=CN(S(=O)(=O)c3ccc(C)cc3)c3ccc(C(F)(F)F)cc3C=C21. The van der Waals surface area contributed by atoms with Crippen LogP contribution in [0.3, 0.4) is 0 Å². The smallest absolute Gasteiger partial charge is 0.416 e. The molecular formula is C28H22F3NO4S. The molecule has 0 saturated heterocycles. The van der Waals surface area contributed by atoms with E-state index in [1.165, 1.54) is 31.5 Å². The van der Waals surface area contributed by atoms with Crippen molar-refractivity contribution in [3.8, 4) is 0 Å². The Hall–Kier alpha value is -3.85. The van der Waals surface area contributed by atoms with Crippen molar-refractivity contribution in [2.75, 3.05) is 11.4 Å². The number of allylic oxidation sites excluding steroid dienone is 1. The molecule has 3 aromatic rings. The van der Waals surface area contributed by atoms with Gasteiger partial charge in [-0.2, -0.15) is 13.2 Å². The fourth-order valence-electron chi connectivity index (χ4n) is 4.87. The van der Waals surface area contributed by atoms with E-state index in [1.54, 1.807) is 42.5 Å². The maximum Gasteiger partial charge on any atom is 0.416 e. The van der Waals surface area contributed by atoms with Gasteiger partial charge in [0.15, 0.2) is 0 Å². The average Bonchev–Trinajstić information content (AvgIpc) is 2.99. The number of benzene rings is 3. The maximum atomic E-state index is 13.7. The van der Waals surface area contributed by atoms with Crippen LogP contribution in [0.4, 0.5) is 18.9 Å². The first-order chi connectivity index (χ1) is 17.5. The van der Waals surface area contributed by atoms with E-state index < -0.39 is 33.1 Å². The van der Waals surface area contributed by atoms with Crippen LogP contribution in [0.2, 0.25) is 0 Å². The van der Waals surface area contributed by atoms with Gasteiger partial charge in [-0.1, -0.05) is 48.0 Å². The number of hydrogen-bond acceptors (Lipinski definition) is 4. The molecule has 0 radical (unpaired) electrons. The fraction of sp³-hybridized carbons (Fsp3) is 0.179. The number of esters is 1. The Morgan fingerprint density at radius 2 is 1.68 bits per heavy atom. The zero-order chi connectivity index (χ0) is 26.6. The molecule has 5 rings (SSSR count). The van der Waals surface area contributed by atoms with Crippen molar-refractivity contribution < 1.29 is 31.1 Å². The fourth-order valence-corrected chi connectivity index (χ4v) is 6.26. The molecule has 0 bridgehead atoms. The van der Waals surface area contributed by atoms with Gasteiger partial charge in [-0.25, -0.2) is 12.7 Å². The molecule has 1 heterocycles. The highest BCUT2D eigenvalue weighted by Crippen LogP contribution is 2.56. The summed E-state index contributed by atoms with van der Waals surface area (Å²) in [6.45, 7) is 1.82. The zero-order valence-corrected chi connectivity index (χ0v) is 20.7. The first-order valence-electron chi connectivity index (χ1n) is 11.4. The normalized spacial score (nSPS) is 19.0. The predicted octanol–water partition coefficient (Wildman–Crippen LogP) is 6.00. The average molecular weight is 526 g/mol. The number of sulfonamides is 1. The summed E-state index contributed by atoms with van der Waals surface area (Å²) in [5.41, 5.74) is 0.234. The topological polar surface area (TPSA) is 63.7 Å². The first-order valence-corrected chi connectivity index (χ1v) is 12.8. The van der Waals surface area contributed by atoms with Crippen molar-refractivity contribution in [2.45, 2.75) is 29.8 Å². The molecular weight excluding hydrogens is 503 g/mol. The number of fused-ring (bicyclic) bond motifs is 2. The highest BCUT2D eigenvalue weighted by atomic mass is 32.2. The third-order valence-corrected chi connectivity index (χ3v) is 8.49. The largest absolute Gasteiger partial charge is 0.468 e. The van der Waals surface area contributed by atoms with Crippen molar-refractivity contribution in [1.29, 1.82) is 0 Å². The lowest BCUT2D eigenvalue weighted by Gasteiger charge is -2.44. The molecule has 5 nitrogen and oxygen atoms in total. The van der Waals surface area contributed by atoms with Crippen LogP contribution in [0.1, 0.15) is 28.7 Å². The number of alkyl halides is 3. The molecule has 1 aliphatic heterocycles. The van der Waals surface area contributed by atoms with Crippen molar-refractivity contribution in [2.24, 2.45) is 0 Å². The Morgan fingerprint density at radius 3 is 2.30 bits per heavy atom. The van der Waals surface area contributed by atoms with E-state index in [0.29, 0.717) is 16.7 Å². The van der Waals surface area contributed by atoms with E-state index in [0.717, 1.165) is 28.1 Å². The molecule has 190 valence electrons. The molecule has 1 fully saturated rings. The summed E-state index contributed by atoms with van der Waals surface area (Å²) in [6, 6.07) is 17.9. The molecule has 0 spiro atoms. The summed E-state index contributed by atoms with van der Waals surface area (Å²) in [5.74, 6) is -0.578. The van der Waals surface area contributed by atoms with Crippen LogP contribution in [-0.4, -0.2) is 21.5 Å². The van der Waals surface area contributed by atoms with Crippen LogP contribution in [0.25, 0.3) is 6.08 Å². The lowest BCUT2D eigenvalue weighted by Crippen LogP contribution is -2.47. The molecule has 3 aromatic carbocycles. The monoisotopic (exact) mass is 525 g/mol. The number of anilines is 1. The van der Waals surface area contributed by atoms with Crippen LogP contribution in [0.15, 0.2) is 95.0 Å². The highest BCUT2D eigenvalue weighted by Gasteiger charge is 2.55. The minimum atomic E-state index is -4.64. The second-order valence-electron chi connectivity index (χ2n) is 9.04. The van der Waals surface area contributed by atoms with Crippen LogP contribution in [0, 0.1) is 6.92 Å². The standard InChI is InChI=1S/C28H22F3NO4S/c1-18-8-11-23(12-9-18)37(34,35)32-17-20-16-27(26(33)36-2,21-6-4-3-5-7-21)24(20)15-19-14-22(28(29,30)31)10-13-25(19)32/h3-15,17H,16H2,1-2H3. The van der Waals surface area contributed by atoms with Gasteiger partial charge in [0, 0.05) is 11.8 Å². The lowest BCUT2D eigenvalue weighted by atomic mass is 9.57. The molecule has 1 unspecified atom stereocenters. The van der Waals surface area contributed by atoms with Crippen molar-refractivity contribution in [1.82, 2.24) is 0 Å². The van der Waals surface area contributed by atoms with Crippen molar-refractivity contribution in [3.63, 3.8) is 0 Å². The molecule has 2 aliphatic rings. The minimum absolute atomic E-state index is 0.00846. The van der Waals surface area contributed by atoms with Gasteiger partial charge >= 0.3 is 12.1 Å². The minimum Gasteiger partial charge on any atom is -0.468 e. The Morgan fingerprint density at radius 1 is 1.00 bits per heavy atom. The van der Waals surface area contributed by atoms with E-state index in [2.05, 4.69) is 0 Å². The number of rotatable bonds is 4. The first kappa shape index (κ1) is 24.8. The van der Waals surface area contributed by atoms with Gasteiger partial charge in [-0.05, 0) is 66.5 Å². The molecule has 37 heavy (non-hydrogen) atoms. The Kier molecular flexibility index (Phi) is 5.79. The van der Waals surface area contributed by atoms with E-state index in [1.807, 2.05) is 6.92 Å². The Bertz CT molecular complexity index is 1560. The third kappa shape index (κ3) is 3.94. The molecule has 0 aromatic heterocycles. The molecule has 0 N–H and O–H groups in total. The van der Waals surface area contributed by atoms with Gasteiger partial charge in [0.1, 0.15) is 5.41 Å². The van der Waals surface area contributed by atoms with E-state index in [9.17, 15) is 26.4 Å². The molecule has 1 aliphatic carbocycles. The second kappa shape index (κ2) is 8.62. The number of hydrogen-bond donors (Lipinski definition) is 0. The van der Waals surface area contributed by atoms with Crippen molar-refractivity contribution >= 4 is 27.8 Å². The van der Waals surface area contributed by atoms with Gasteiger partial charge < -0.3 is 4.74 Å². The molecule has 9 heteroatoms. The van der Waals surface area contributed by atoms with E-state index >= 15 is 0 Å². The summed E-state index contributed by atoms with van der Waals surface area (Å²) >= 11 is 0. The summed E-state index contributed by atoms with van der Waals surface area (Å²) in [6.07, 6.45) is -1.66. The number of methoxy groups -OCH3 is 1. The van der Waals surface area contributed by atoms with Gasteiger partial charge in [0.25, 0.3) is 10.0 Å². The van der Waals surface area contributed by atoms with Gasteiger partial charge in [0.2, 0.25) is 0 Å². The highest BCUT2D eigenvalue weighted by molar-refractivity contribution is 7.93. The lowest BCUT2D eigenvalue weighted by molar-refractivity contribution is -0.147. The number of nitrogens with zero attached hydrogens (tertiary/aromatic N) is 1. The molecule has 1 atom stereocenters. The van der Waals surface area contributed by atoms with E-state index in [-0.39, 0.29) is 22.6 Å². The number of ether oxygens (including phenoxy) is 1. The zero-order valence-electron chi connectivity index (χ0n) is 19.9. The van der Waals surface area contributed by atoms with Crippen LogP contribution in [-0.2, 0) is 31.1 Å². The van der Waals surface area contributed by atoms with Gasteiger partial charge in [0.05, 0.1) is 23.3 Å². The second-order valence-corrected chi connectivity index (χ2v) is 10.9. The maximum absolute atomic E-state index is 13.7. The van der Waals surface area contributed by atoms with Crippen LogP contribution >= 0.6 is 0 Å². The number of halogens is 3.